The molecule has 1 saturated heterocycles. The lowest BCUT2D eigenvalue weighted by atomic mass is 10.1. The largest absolute Gasteiger partial charge is 0.481 e. The normalized spacial score (nSPS) is 18.0. The monoisotopic (exact) mass is 338 g/mol. The number of carbonyl (C=O) groups excluding carboxylic acids is 2. The van der Waals surface area contributed by atoms with Crippen molar-refractivity contribution < 1.29 is 14.3 Å². The van der Waals surface area contributed by atoms with Gasteiger partial charge in [0.25, 0.3) is 5.91 Å². The fourth-order valence-electron chi connectivity index (χ4n) is 3.19. The van der Waals surface area contributed by atoms with Crippen molar-refractivity contribution in [2.45, 2.75) is 38.8 Å². The number of amides is 1. The van der Waals surface area contributed by atoms with Crippen molar-refractivity contribution in [2.24, 2.45) is 0 Å². The van der Waals surface area contributed by atoms with Gasteiger partial charge in [-0.25, -0.2) is 0 Å². The minimum absolute atomic E-state index is 0.00306. The van der Waals surface area contributed by atoms with E-state index < -0.39 is 6.10 Å². The lowest BCUT2D eigenvalue weighted by Crippen LogP contribution is -2.40. The van der Waals surface area contributed by atoms with E-state index in [1.54, 1.807) is 37.4 Å². The maximum atomic E-state index is 12.9. The third kappa shape index (κ3) is 3.87. The van der Waals surface area contributed by atoms with Gasteiger partial charge in [0, 0.05) is 18.3 Å². The summed E-state index contributed by atoms with van der Waals surface area (Å²) in [6, 6.07) is 12.7. The number of aromatic nitrogens is 1. The number of Topliss-reactive ketones (excluding diaryl/α,β-unsaturated/α-hetero) is 1. The summed E-state index contributed by atoms with van der Waals surface area (Å²) in [5.41, 5.74) is 1.49. The zero-order valence-electron chi connectivity index (χ0n) is 14.5. The number of carbonyl (C=O) groups is 2. The predicted molar refractivity (Wildman–Crippen MR) is 94.5 cm³/mol. The van der Waals surface area contributed by atoms with E-state index in [-0.39, 0.29) is 17.7 Å². The number of nitrogens with zero attached hydrogens (tertiary/aromatic N) is 2. The van der Waals surface area contributed by atoms with Crippen molar-refractivity contribution in [1.29, 1.82) is 0 Å². The van der Waals surface area contributed by atoms with Gasteiger partial charge in [-0.15, -0.1) is 0 Å². The number of likely N-dealkylation sites (tertiary alicyclic amines) is 1. The standard InChI is InChI=1S/C20H22N2O3/c1-14(23)16-7-5-8-17(13-16)25-15(2)20(24)22-12-6-10-19(22)18-9-3-4-11-21-18/h3-5,7-9,11,13,15,19H,6,10,12H2,1-2H3/t15-,19-/m1/s1. The Hall–Kier alpha value is -2.69. The summed E-state index contributed by atoms with van der Waals surface area (Å²) < 4.78 is 5.80. The molecule has 2 aromatic rings. The van der Waals surface area contributed by atoms with Crippen LogP contribution in [0.2, 0.25) is 0 Å². The molecule has 5 nitrogen and oxygen atoms in total. The molecule has 130 valence electrons. The highest BCUT2D eigenvalue weighted by atomic mass is 16.5. The second-order valence-electron chi connectivity index (χ2n) is 6.29. The first-order chi connectivity index (χ1) is 12.1. The Bertz CT molecular complexity index is 761. The Morgan fingerprint density at radius 2 is 2.08 bits per heavy atom. The summed E-state index contributed by atoms with van der Waals surface area (Å²) in [6.07, 6.45) is 3.00. The van der Waals surface area contributed by atoms with Gasteiger partial charge in [-0.2, -0.15) is 0 Å². The van der Waals surface area contributed by atoms with Gasteiger partial charge >= 0.3 is 0 Å². The molecule has 3 rings (SSSR count). The van der Waals surface area contributed by atoms with E-state index in [1.165, 1.54) is 6.92 Å². The van der Waals surface area contributed by atoms with Crippen LogP contribution < -0.4 is 4.74 Å². The van der Waals surface area contributed by atoms with E-state index in [1.807, 2.05) is 23.1 Å². The van der Waals surface area contributed by atoms with Crippen LogP contribution in [-0.2, 0) is 4.79 Å². The second kappa shape index (κ2) is 7.47. The zero-order valence-corrected chi connectivity index (χ0v) is 14.5. The molecule has 25 heavy (non-hydrogen) atoms. The van der Waals surface area contributed by atoms with Gasteiger partial charge in [0.05, 0.1) is 11.7 Å². The summed E-state index contributed by atoms with van der Waals surface area (Å²) in [5.74, 6) is 0.447. The van der Waals surface area contributed by atoms with Crippen LogP contribution in [-0.4, -0.2) is 34.2 Å². The predicted octanol–water partition coefficient (Wildman–Crippen LogP) is 3.42. The van der Waals surface area contributed by atoms with Crippen molar-refractivity contribution in [3.8, 4) is 5.75 Å². The van der Waals surface area contributed by atoms with Gasteiger partial charge in [-0.1, -0.05) is 18.2 Å². The van der Waals surface area contributed by atoms with Crippen molar-refractivity contribution in [2.75, 3.05) is 6.54 Å². The molecule has 0 saturated carbocycles. The van der Waals surface area contributed by atoms with Crippen LogP contribution in [0.25, 0.3) is 0 Å². The molecule has 1 aromatic heterocycles. The van der Waals surface area contributed by atoms with E-state index in [9.17, 15) is 9.59 Å². The minimum atomic E-state index is -0.619. The topological polar surface area (TPSA) is 59.5 Å². The highest BCUT2D eigenvalue weighted by Crippen LogP contribution is 2.31. The van der Waals surface area contributed by atoms with Crippen molar-refractivity contribution in [3.05, 3.63) is 59.9 Å². The van der Waals surface area contributed by atoms with E-state index >= 15 is 0 Å². The van der Waals surface area contributed by atoms with Gasteiger partial charge in [-0.3, -0.25) is 14.6 Å². The molecule has 0 unspecified atom stereocenters. The van der Waals surface area contributed by atoms with Gasteiger partial charge in [0.2, 0.25) is 0 Å². The Morgan fingerprint density at radius 1 is 1.24 bits per heavy atom. The van der Waals surface area contributed by atoms with Gasteiger partial charge in [-0.05, 0) is 51.0 Å². The average molecular weight is 338 g/mol. The number of pyridine rings is 1. The fourth-order valence-corrected chi connectivity index (χ4v) is 3.19. The second-order valence-corrected chi connectivity index (χ2v) is 6.29. The maximum absolute atomic E-state index is 12.9. The van der Waals surface area contributed by atoms with Crippen LogP contribution in [0.4, 0.5) is 0 Å². The first-order valence-electron chi connectivity index (χ1n) is 8.55. The fraction of sp³-hybridized carbons (Fsp3) is 0.350. The minimum Gasteiger partial charge on any atom is -0.481 e. The highest BCUT2D eigenvalue weighted by Gasteiger charge is 2.33. The molecule has 1 aliphatic heterocycles. The molecule has 1 aliphatic rings. The lowest BCUT2D eigenvalue weighted by molar-refractivity contribution is -0.139. The zero-order chi connectivity index (χ0) is 17.8. The Balaban J connectivity index is 1.71. The first-order valence-corrected chi connectivity index (χ1v) is 8.55. The first kappa shape index (κ1) is 17.1. The average Bonchev–Trinajstić information content (AvgIpc) is 3.11. The molecular formula is C20H22N2O3. The summed E-state index contributed by atoms with van der Waals surface area (Å²) >= 11 is 0. The maximum Gasteiger partial charge on any atom is 0.263 e. The van der Waals surface area contributed by atoms with Crippen LogP contribution in [0.1, 0.15) is 48.8 Å². The molecule has 2 atom stereocenters. The molecule has 1 aromatic carbocycles. The SMILES string of the molecule is CC(=O)c1cccc(O[C@H](C)C(=O)N2CCC[C@@H]2c2ccccn2)c1. The van der Waals surface area contributed by atoms with Gasteiger partial charge in [0.1, 0.15) is 5.75 Å². The molecule has 0 aliphatic carbocycles. The molecule has 5 heteroatoms. The molecule has 0 radical (unpaired) electrons. The number of benzene rings is 1. The number of hydrogen-bond acceptors (Lipinski definition) is 4. The molecule has 0 N–H and O–H groups in total. The summed E-state index contributed by atoms with van der Waals surface area (Å²) in [7, 11) is 0. The quantitative estimate of drug-likeness (QED) is 0.784. The third-order valence-corrected chi connectivity index (χ3v) is 4.47. The van der Waals surface area contributed by atoms with Gasteiger partial charge < -0.3 is 9.64 Å². The van der Waals surface area contributed by atoms with Crippen molar-refractivity contribution in [3.63, 3.8) is 0 Å². The van der Waals surface area contributed by atoms with E-state index in [0.29, 0.717) is 17.9 Å². The number of ether oxygens (including phenoxy) is 1. The third-order valence-electron chi connectivity index (χ3n) is 4.47. The Kier molecular flexibility index (Phi) is 5.12. The number of rotatable bonds is 5. The van der Waals surface area contributed by atoms with Crippen LogP contribution in [0.5, 0.6) is 5.75 Å². The molecule has 1 fully saturated rings. The molecule has 0 bridgehead atoms. The summed E-state index contributed by atoms with van der Waals surface area (Å²) in [6.45, 7) is 3.97. The number of hydrogen-bond donors (Lipinski definition) is 0. The van der Waals surface area contributed by atoms with Crippen molar-refractivity contribution >= 4 is 11.7 Å². The summed E-state index contributed by atoms with van der Waals surface area (Å²) in [4.78, 5) is 30.6. The Labute approximate surface area is 147 Å². The number of ketones is 1. The van der Waals surface area contributed by atoms with Gasteiger partial charge in [0.15, 0.2) is 11.9 Å². The lowest BCUT2D eigenvalue weighted by Gasteiger charge is -2.27. The van der Waals surface area contributed by atoms with Crippen LogP contribution in [0.15, 0.2) is 48.7 Å². The van der Waals surface area contributed by atoms with E-state index in [2.05, 4.69) is 4.98 Å². The van der Waals surface area contributed by atoms with Crippen molar-refractivity contribution in [1.82, 2.24) is 9.88 Å². The molecule has 2 heterocycles. The molecular weight excluding hydrogens is 316 g/mol. The van der Waals surface area contributed by atoms with Crippen LogP contribution >= 0.6 is 0 Å². The Morgan fingerprint density at radius 3 is 2.80 bits per heavy atom. The highest BCUT2D eigenvalue weighted by molar-refractivity contribution is 5.94. The molecule has 0 spiro atoms. The summed E-state index contributed by atoms with van der Waals surface area (Å²) in [5, 5.41) is 0. The molecule has 1 amide bonds. The van der Waals surface area contributed by atoms with Crippen LogP contribution in [0.3, 0.4) is 0 Å². The van der Waals surface area contributed by atoms with Crippen LogP contribution in [0, 0.1) is 0 Å². The van der Waals surface area contributed by atoms with E-state index in [4.69, 9.17) is 4.74 Å². The smallest absolute Gasteiger partial charge is 0.263 e. The van der Waals surface area contributed by atoms with E-state index in [0.717, 1.165) is 18.5 Å².